The Morgan fingerprint density at radius 1 is 1.29 bits per heavy atom. The van der Waals surface area contributed by atoms with Gasteiger partial charge in [0.25, 0.3) is 0 Å². The van der Waals surface area contributed by atoms with Crippen LogP contribution < -0.4 is 5.32 Å². The highest BCUT2D eigenvalue weighted by molar-refractivity contribution is 7.99. The van der Waals surface area contributed by atoms with Crippen LogP contribution in [0.15, 0.2) is 0 Å². The van der Waals surface area contributed by atoms with Gasteiger partial charge in [-0.3, -0.25) is 9.59 Å². The van der Waals surface area contributed by atoms with Gasteiger partial charge in [0.1, 0.15) is 5.92 Å². The van der Waals surface area contributed by atoms with E-state index < -0.39 is 17.3 Å². The molecule has 0 aromatic heterocycles. The Balaban J connectivity index is 2.64. The number of rotatable bonds is 6. The maximum Gasteiger partial charge on any atom is 0.319 e. The quantitative estimate of drug-likeness (QED) is 0.605. The SMILES string of the molecule is CCOC(=O)C(C(=O)NC1CCC(SCC)C1)C(C)(C)C. The number of hydrogen-bond acceptors (Lipinski definition) is 4. The summed E-state index contributed by atoms with van der Waals surface area (Å²) in [5.41, 5.74) is -0.438. The summed E-state index contributed by atoms with van der Waals surface area (Å²) in [6.07, 6.45) is 3.15. The van der Waals surface area contributed by atoms with Crippen molar-refractivity contribution in [1.29, 1.82) is 0 Å². The predicted molar refractivity (Wildman–Crippen MR) is 87.3 cm³/mol. The molecule has 122 valence electrons. The molecule has 1 fully saturated rings. The first-order valence-electron chi connectivity index (χ1n) is 7.88. The number of carbonyl (C=O) groups is 2. The molecule has 1 rings (SSSR count). The summed E-state index contributed by atoms with van der Waals surface area (Å²) in [6.45, 7) is 9.93. The molecular weight excluding hydrogens is 286 g/mol. The van der Waals surface area contributed by atoms with E-state index in [9.17, 15) is 9.59 Å². The molecule has 0 radical (unpaired) electrons. The molecule has 21 heavy (non-hydrogen) atoms. The van der Waals surface area contributed by atoms with Gasteiger partial charge in [0, 0.05) is 11.3 Å². The van der Waals surface area contributed by atoms with E-state index in [1.807, 2.05) is 32.5 Å². The molecule has 0 saturated heterocycles. The Morgan fingerprint density at radius 3 is 2.48 bits per heavy atom. The van der Waals surface area contributed by atoms with Gasteiger partial charge in [0.15, 0.2) is 0 Å². The summed E-state index contributed by atoms with van der Waals surface area (Å²) < 4.78 is 5.07. The third kappa shape index (κ3) is 5.53. The minimum Gasteiger partial charge on any atom is -0.465 e. The van der Waals surface area contributed by atoms with E-state index in [2.05, 4.69) is 12.2 Å². The predicted octanol–water partition coefficient (Wildman–Crippen LogP) is 3.00. The van der Waals surface area contributed by atoms with Crippen LogP contribution in [-0.2, 0) is 14.3 Å². The number of hydrogen-bond donors (Lipinski definition) is 1. The monoisotopic (exact) mass is 315 g/mol. The molecule has 0 aliphatic heterocycles. The van der Waals surface area contributed by atoms with Gasteiger partial charge in [0.2, 0.25) is 5.91 Å². The third-order valence-electron chi connectivity index (χ3n) is 3.78. The number of carbonyl (C=O) groups excluding carboxylic acids is 2. The number of nitrogens with one attached hydrogen (secondary N) is 1. The van der Waals surface area contributed by atoms with Gasteiger partial charge in [-0.2, -0.15) is 11.8 Å². The molecule has 1 N–H and O–H groups in total. The molecule has 5 heteroatoms. The topological polar surface area (TPSA) is 55.4 Å². The Kier molecular flexibility index (Phi) is 7.04. The van der Waals surface area contributed by atoms with E-state index in [0.717, 1.165) is 25.0 Å². The fourth-order valence-electron chi connectivity index (χ4n) is 2.82. The molecule has 0 aromatic rings. The Morgan fingerprint density at radius 2 is 1.95 bits per heavy atom. The number of thioether (sulfide) groups is 1. The molecule has 3 atom stereocenters. The molecule has 0 aromatic carbocycles. The van der Waals surface area contributed by atoms with Gasteiger partial charge in [-0.15, -0.1) is 0 Å². The Bertz CT molecular complexity index is 365. The molecule has 1 aliphatic rings. The molecule has 1 aliphatic carbocycles. The Labute approximate surface area is 132 Å². The van der Waals surface area contributed by atoms with Crippen molar-refractivity contribution < 1.29 is 14.3 Å². The highest BCUT2D eigenvalue weighted by atomic mass is 32.2. The zero-order chi connectivity index (χ0) is 16.0. The highest BCUT2D eigenvalue weighted by Gasteiger charge is 2.40. The van der Waals surface area contributed by atoms with Crippen molar-refractivity contribution >= 4 is 23.6 Å². The zero-order valence-corrected chi connectivity index (χ0v) is 14.7. The third-order valence-corrected chi connectivity index (χ3v) is 5.02. The molecule has 0 bridgehead atoms. The number of amides is 1. The summed E-state index contributed by atoms with van der Waals surface area (Å²) in [6, 6.07) is 0.195. The lowest BCUT2D eigenvalue weighted by Gasteiger charge is -2.28. The van der Waals surface area contributed by atoms with Gasteiger partial charge >= 0.3 is 5.97 Å². The normalized spacial score (nSPS) is 23.7. The minimum absolute atomic E-state index is 0.187. The maximum absolute atomic E-state index is 12.5. The fourth-order valence-corrected chi connectivity index (χ4v) is 3.96. The molecule has 3 unspecified atom stereocenters. The lowest BCUT2D eigenvalue weighted by Crippen LogP contribution is -2.46. The van der Waals surface area contributed by atoms with Crippen LogP contribution in [0.2, 0.25) is 0 Å². The van der Waals surface area contributed by atoms with E-state index in [1.54, 1.807) is 6.92 Å². The van der Waals surface area contributed by atoms with Crippen LogP contribution in [0.1, 0.15) is 53.9 Å². The van der Waals surface area contributed by atoms with E-state index in [4.69, 9.17) is 4.74 Å². The molecule has 0 spiro atoms. The first-order chi connectivity index (χ1) is 9.79. The first-order valence-corrected chi connectivity index (χ1v) is 8.93. The molecular formula is C16H29NO3S. The fraction of sp³-hybridized carbons (Fsp3) is 0.875. The molecule has 1 amide bonds. The van der Waals surface area contributed by atoms with Crippen molar-refractivity contribution in [1.82, 2.24) is 5.32 Å². The van der Waals surface area contributed by atoms with Crippen molar-refractivity contribution in [3.63, 3.8) is 0 Å². The van der Waals surface area contributed by atoms with Gasteiger partial charge in [-0.05, 0) is 37.4 Å². The average Bonchev–Trinajstić information content (AvgIpc) is 2.75. The van der Waals surface area contributed by atoms with Crippen molar-refractivity contribution in [3.8, 4) is 0 Å². The van der Waals surface area contributed by atoms with Crippen molar-refractivity contribution in [2.24, 2.45) is 11.3 Å². The minimum atomic E-state index is -0.740. The molecule has 4 nitrogen and oxygen atoms in total. The molecule has 1 saturated carbocycles. The smallest absolute Gasteiger partial charge is 0.319 e. The van der Waals surface area contributed by atoms with E-state index in [1.165, 1.54) is 0 Å². The van der Waals surface area contributed by atoms with Gasteiger partial charge in [-0.25, -0.2) is 0 Å². The van der Waals surface area contributed by atoms with Crippen LogP contribution >= 0.6 is 11.8 Å². The summed E-state index contributed by atoms with van der Waals surface area (Å²) in [7, 11) is 0. The average molecular weight is 315 g/mol. The van der Waals surface area contributed by atoms with Crippen LogP contribution in [0.25, 0.3) is 0 Å². The lowest BCUT2D eigenvalue weighted by molar-refractivity contribution is -0.156. The van der Waals surface area contributed by atoms with Crippen molar-refractivity contribution in [2.75, 3.05) is 12.4 Å². The second kappa shape index (κ2) is 8.06. The summed E-state index contributed by atoms with van der Waals surface area (Å²) in [5.74, 6) is -0.234. The lowest BCUT2D eigenvalue weighted by atomic mass is 9.80. The zero-order valence-electron chi connectivity index (χ0n) is 13.9. The largest absolute Gasteiger partial charge is 0.465 e. The van der Waals surface area contributed by atoms with Crippen LogP contribution in [0.4, 0.5) is 0 Å². The van der Waals surface area contributed by atoms with Crippen LogP contribution in [0.5, 0.6) is 0 Å². The van der Waals surface area contributed by atoms with E-state index in [-0.39, 0.29) is 11.9 Å². The van der Waals surface area contributed by atoms with Crippen molar-refractivity contribution in [3.05, 3.63) is 0 Å². The number of esters is 1. The van der Waals surface area contributed by atoms with Gasteiger partial charge in [0.05, 0.1) is 6.61 Å². The van der Waals surface area contributed by atoms with E-state index in [0.29, 0.717) is 11.9 Å². The summed E-state index contributed by atoms with van der Waals surface area (Å²) in [4.78, 5) is 24.6. The van der Waals surface area contributed by atoms with E-state index >= 15 is 0 Å². The van der Waals surface area contributed by atoms with Crippen LogP contribution in [0.3, 0.4) is 0 Å². The van der Waals surface area contributed by atoms with Crippen LogP contribution in [0, 0.1) is 11.3 Å². The molecule has 0 heterocycles. The maximum atomic E-state index is 12.5. The second-order valence-electron chi connectivity index (χ2n) is 6.65. The summed E-state index contributed by atoms with van der Waals surface area (Å²) >= 11 is 1.96. The van der Waals surface area contributed by atoms with Crippen LogP contribution in [-0.4, -0.2) is 35.5 Å². The van der Waals surface area contributed by atoms with Gasteiger partial charge in [-0.1, -0.05) is 27.7 Å². The van der Waals surface area contributed by atoms with Crippen molar-refractivity contribution in [2.45, 2.75) is 65.2 Å². The number of ether oxygens (including phenoxy) is 1. The standard InChI is InChI=1S/C16H29NO3S/c1-6-20-15(19)13(16(3,4)5)14(18)17-11-8-9-12(10-11)21-7-2/h11-13H,6-10H2,1-5H3,(H,17,18). The first kappa shape index (κ1) is 18.3. The second-order valence-corrected chi connectivity index (χ2v) is 8.22. The Hall–Kier alpha value is -0.710. The van der Waals surface area contributed by atoms with Gasteiger partial charge < -0.3 is 10.1 Å². The highest BCUT2D eigenvalue weighted by Crippen LogP contribution is 2.31. The summed E-state index contributed by atoms with van der Waals surface area (Å²) in [5, 5.41) is 3.70.